The van der Waals surface area contributed by atoms with Crippen LogP contribution < -0.4 is 16.6 Å². The van der Waals surface area contributed by atoms with Crippen molar-refractivity contribution in [2.75, 3.05) is 6.54 Å². The van der Waals surface area contributed by atoms with Gasteiger partial charge >= 0.3 is 28.6 Å². The van der Waals surface area contributed by atoms with E-state index < -0.39 is 58.5 Å². The Bertz CT molecular complexity index is 817. The van der Waals surface area contributed by atoms with Crippen LogP contribution in [0, 0.1) is 0 Å². The highest BCUT2D eigenvalue weighted by molar-refractivity contribution is 7.82. The number of nitrogens with two attached hydrogens (primary N) is 1. The number of piperidine rings is 1. The van der Waals surface area contributed by atoms with Crippen LogP contribution >= 0.6 is 0 Å². The molecule has 2 aliphatic rings. The van der Waals surface area contributed by atoms with Gasteiger partial charge in [0.05, 0.1) is 12.1 Å². The minimum atomic E-state index is -5.60. The van der Waals surface area contributed by atoms with Crippen LogP contribution in [0.3, 0.4) is 0 Å². The molecular weight excluding hydrogens is 431 g/mol. The predicted octanol–water partition coefficient (Wildman–Crippen LogP) is -1.97. The summed E-state index contributed by atoms with van der Waals surface area (Å²) in [5, 5.41) is 0.215. The Morgan fingerprint density at radius 2 is 1.86 bits per heavy atom. The van der Waals surface area contributed by atoms with Crippen molar-refractivity contribution in [2.45, 2.75) is 44.1 Å². The van der Waals surface area contributed by atoms with E-state index in [2.05, 4.69) is 13.9 Å². The number of alkyl halides is 3. The van der Waals surface area contributed by atoms with E-state index in [4.69, 9.17) is 5.73 Å². The van der Waals surface area contributed by atoms with Crippen molar-refractivity contribution in [3.8, 4) is 0 Å². The van der Waals surface area contributed by atoms with Crippen molar-refractivity contribution in [3.05, 3.63) is 0 Å². The summed E-state index contributed by atoms with van der Waals surface area (Å²) in [5.74, 6) is -4.56. The van der Waals surface area contributed by atoms with Gasteiger partial charge < -0.3 is 14.8 Å². The van der Waals surface area contributed by atoms with Gasteiger partial charge in [-0.15, -0.1) is 4.28 Å². The van der Waals surface area contributed by atoms with E-state index in [1.165, 1.54) is 6.92 Å². The third-order valence-corrected chi connectivity index (χ3v) is 4.63. The predicted molar refractivity (Wildman–Crippen MR) is 82.8 cm³/mol. The number of nitrogens with one attached hydrogen (secondary N) is 2. The molecule has 2 aliphatic heterocycles. The van der Waals surface area contributed by atoms with E-state index >= 15 is 0 Å². The third kappa shape index (κ3) is 5.24. The zero-order chi connectivity index (χ0) is 22.1. The molecule has 2 bridgehead atoms. The fourth-order valence-electron chi connectivity index (χ4n) is 2.58. The molecule has 0 aliphatic carbocycles. The molecule has 0 aromatic carbocycles. The molecule has 0 saturated carbocycles. The summed E-state index contributed by atoms with van der Waals surface area (Å²) in [4.78, 5) is 47.4. The molecule has 0 spiro atoms. The van der Waals surface area contributed by atoms with Gasteiger partial charge in [0.2, 0.25) is 0 Å². The monoisotopic (exact) mass is 447 g/mol. The van der Waals surface area contributed by atoms with Gasteiger partial charge in [0.25, 0.3) is 11.8 Å². The van der Waals surface area contributed by atoms with Crippen LogP contribution in [0.5, 0.6) is 0 Å². The lowest BCUT2D eigenvalue weighted by molar-refractivity contribution is -0.191. The molecule has 0 unspecified atom stereocenters. The Kier molecular flexibility index (Phi) is 6.24. The largest absolute Gasteiger partial charge is 0.492 e. The maximum absolute atomic E-state index is 12.3. The first-order valence-corrected chi connectivity index (χ1v) is 9.26. The lowest BCUT2D eigenvalue weighted by atomic mass is 10.0. The minimum absolute atomic E-state index is 0.0263. The lowest BCUT2D eigenvalue weighted by Crippen LogP contribution is -2.56. The first-order chi connectivity index (χ1) is 13.2. The molecule has 2 heterocycles. The van der Waals surface area contributed by atoms with Gasteiger partial charge in [-0.2, -0.15) is 26.7 Å². The molecule has 3 atom stereocenters. The van der Waals surface area contributed by atoms with Gasteiger partial charge in [-0.05, 0) is 19.8 Å². The fraction of sp³-hybridized carbons (Fsp3) is 0.667. The smallest absolute Gasteiger partial charge is 0.320 e. The number of nitrogens with zero attached hydrogens (tertiary/aromatic N) is 2. The topological polar surface area (TPSA) is 177 Å². The second-order valence-electron chi connectivity index (χ2n) is 6.13. The standard InChI is InChI=1S/C12H16F3N5O8S/c1-5(16)8(21)17-18-9(22)7-3-2-6-4-19(7)11(24)20(6)28-29(25,26)27-10(23)12(13,14)15/h5-7H,2-4,16H2,1H3,(H,17,21)(H,18,22)/t5-,6-,7+/m1/s1. The summed E-state index contributed by atoms with van der Waals surface area (Å²) in [7, 11) is -5.55. The summed E-state index contributed by atoms with van der Waals surface area (Å²) >= 11 is 0. The van der Waals surface area contributed by atoms with E-state index in [1.54, 1.807) is 0 Å². The van der Waals surface area contributed by atoms with Gasteiger partial charge in [0, 0.05) is 6.54 Å². The quantitative estimate of drug-likeness (QED) is 0.403. The normalized spacial score (nSPS) is 22.9. The van der Waals surface area contributed by atoms with E-state index in [1.807, 2.05) is 5.43 Å². The SMILES string of the molecule is C[C@@H](N)C(=O)NNC(=O)[C@@H]1CC[C@@H]2CN1C(=O)N2OS(=O)(=O)OC(=O)C(F)(F)F. The number of hydrogen-bond acceptors (Lipinski definition) is 9. The van der Waals surface area contributed by atoms with Crippen molar-refractivity contribution >= 4 is 34.2 Å². The molecule has 13 nitrogen and oxygen atoms in total. The third-order valence-electron chi connectivity index (χ3n) is 3.93. The van der Waals surface area contributed by atoms with Gasteiger partial charge in [-0.3, -0.25) is 20.4 Å². The number of carbonyl (C=O) groups excluding carboxylic acids is 4. The van der Waals surface area contributed by atoms with Crippen LogP contribution in [-0.4, -0.2) is 73.0 Å². The van der Waals surface area contributed by atoms with Gasteiger partial charge in [-0.1, -0.05) is 0 Å². The van der Waals surface area contributed by atoms with Gasteiger partial charge in [-0.25, -0.2) is 9.59 Å². The van der Waals surface area contributed by atoms with Crippen LogP contribution in [0.1, 0.15) is 19.8 Å². The van der Waals surface area contributed by atoms with E-state index in [0.717, 1.165) is 4.90 Å². The van der Waals surface area contributed by atoms with Crippen molar-refractivity contribution in [2.24, 2.45) is 5.73 Å². The average molecular weight is 447 g/mol. The number of rotatable bonds is 5. The molecular formula is C12H16F3N5O8S. The molecule has 4 amide bonds. The van der Waals surface area contributed by atoms with Crippen molar-refractivity contribution in [1.29, 1.82) is 0 Å². The highest BCUT2D eigenvalue weighted by Gasteiger charge is 2.51. The Hall–Kier alpha value is -2.66. The Labute approximate surface area is 161 Å². The van der Waals surface area contributed by atoms with Crippen LogP contribution in [0.4, 0.5) is 18.0 Å². The molecule has 0 radical (unpaired) electrons. The summed E-state index contributed by atoms with van der Waals surface area (Å²) in [6.45, 7) is 1.17. The van der Waals surface area contributed by atoms with E-state index in [-0.39, 0.29) is 24.4 Å². The number of urea groups is 1. The summed E-state index contributed by atoms with van der Waals surface area (Å²) in [6, 6.07) is -4.13. The molecule has 0 aromatic heterocycles. The van der Waals surface area contributed by atoms with E-state index in [9.17, 15) is 40.8 Å². The molecule has 17 heteroatoms. The van der Waals surface area contributed by atoms with Crippen molar-refractivity contribution < 1.29 is 49.2 Å². The van der Waals surface area contributed by atoms with Gasteiger partial charge in [0.1, 0.15) is 6.04 Å². The van der Waals surface area contributed by atoms with Crippen LogP contribution in [0.15, 0.2) is 0 Å². The van der Waals surface area contributed by atoms with Crippen LogP contribution in [0.25, 0.3) is 0 Å². The number of hydroxylamine groups is 2. The molecule has 4 N–H and O–H groups in total. The van der Waals surface area contributed by atoms with Crippen LogP contribution in [0.2, 0.25) is 0 Å². The summed E-state index contributed by atoms with van der Waals surface area (Å²) in [6.07, 6.45) is -5.54. The molecule has 2 rings (SSSR count). The second-order valence-corrected chi connectivity index (χ2v) is 7.26. The highest BCUT2D eigenvalue weighted by atomic mass is 32.3. The van der Waals surface area contributed by atoms with Crippen molar-refractivity contribution in [3.63, 3.8) is 0 Å². The number of fused-ring (bicyclic) bond motifs is 2. The van der Waals surface area contributed by atoms with Crippen LogP contribution in [-0.2, 0) is 33.2 Å². The number of hydrazine groups is 1. The molecule has 164 valence electrons. The minimum Gasteiger partial charge on any atom is -0.320 e. The lowest BCUT2D eigenvalue weighted by Gasteiger charge is -2.29. The zero-order valence-corrected chi connectivity index (χ0v) is 15.4. The first kappa shape index (κ1) is 22.6. The van der Waals surface area contributed by atoms with E-state index in [0.29, 0.717) is 0 Å². The summed E-state index contributed by atoms with van der Waals surface area (Å²) < 4.78 is 66.9. The molecule has 0 aromatic rings. The average Bonchev–Trinajstić information content (AvgIpc) is 2.82. The van der Waals surface area contributed by atoms with Crippen molar-refractivity contribution in [1.82, 2.24) is 20.8 Å². The number of carbonyl (C=O) groups is 4. The Morgan fingerprint density at radius 3 is 2.41 bits per heavy atom. The number of halogens is 3. The maximum atomic E-state index is 12.3. The Morgan fingerprint density at radius 1 is 1.24 bits per heavy atom. The first-order valence-electron chi connectivity index (χ1n) is 7.93. The zero-order valence-electron chi connectivity index (χ0n) is 14.6. The Balaban J connectivity index is 2.02. The molecule has 2 saturated heterocycles. The van der Waals surface area contributed by atoms with Gasteiger partial charge in [0.15, 0.2) is 0 Å². The molecule has 2 fully saturated rings. The fourth-order valence-corrected chi connectivity index (χ4v) is 3.27. The maximum Gasteiger partial charge on any atom is 0.492 e. The number of hydrogen-bond donors (Lipinski definition) is 3. The second kappa shape index (κ2) is 7.99. The molecule has 29 heavy (non-hydrogen) atoms. The summed E-state index contributed by atoms with van der Waals surface area (Å²) in [5.41, 5.74) is 9.40. The number of amides is 4. The highest BCUT2D eigenvalue weighted by Crippen LogP contribution is 2.31.